The summed E-state index contributed by atoms with van der Waals surface area (Å²) < 4.78 is 13.0. The molecule has 1 aliphatic heterocycles. The highest BCUT2D eigenvalue weighted by molar-refractivity contribution is 7.08. The van der Waals surface area contributed by atoms with Crippen molar-refractivity contribution in [3.8, 4) is 0 Å². The third-order valence-corrected chi connectivity index (χ3v) is 2.81. The molecule has 0 bridgehead atoms. The summed E-state index contributed by atoms with van der Waals surface area (Å²) in [6.45, 7) is 1.03. The zero-order valence-electron chi connectivity index (χ0n) is 6.14. The molecule has 1 N–H and O–H groups in total. The number of rotatable bonds is 1. The molecule has 0 amide bonds. The van der Waals surface area contributed by atoms with Crippen molar-refractivity contribution in [3.63, 3.8) is 0 Å². The van der Waals surface area contributed by atoms with Crippen molar-refractivity contribution in [1.82, 2.24) is 5.32 Å². The molecule has 11 heavy (non-hydrogen) atoms. The number of hydrogen-bond acceptors (Lipinski definition) is 2. The van der Waals surface area contributed by atoms with Gasteiger partial charge in [0.2, 0.25) is 0 Å². The Labute approximate surface area is 69.2 Å². The first-order valence-electron chi connectivity index (χ1n) is 3.83. The van der Waals surface area contributed by atoms with E-state index in [0.29, 0.717) is 0 Å². The van der Waals surface area contributed by atoms with Gasteiger partial charge in [0.1, 0.15) is 5.82 Å². The molecule has 1 nitrogen and oxygen atoms in total. The van der Waals surface area contributed by atoms with Gasteiger partial charge in [-0.15, -0.1) is 11.3 Å². The Hall–Kier alpha value is -0.410. The molecule has 0 radical (unpaired) electrons. The molecular formula is C8H10FNS. The smallest absolute Gasteiger partial charge is 0.138 e. The van der Waals surface area contributed by atoms with Gasteiger partial charge in [-0.2, -0.15) is 0 Å². The first-order chi connectivity index (χ1) is 5.38. The maximum atomic E-state index is 13.0. The molecule has 3 heteroatoms. The Kier molecular flexibility index (Phi) is 1.92. The quantitative estimate of drug-likeness (QED) is 0.683. The van der Waals surface area contributed by atoms with Crippen LogP contribution in [0.2, 0.25) is 0 Å². The van der Waals surface area contributed by atoms with Crippen LogP contribution >= 0.6 is 11.3 Å². The molecule has 0 spiro atoms. The maximum Gasteiger partial charge on any atom is 0.138 e. The third-order valence-electron chi connectivity index (χ3n) is 2.08. The zero-order chi connectivity index (χ0) is 7.68. The molecule has 1 fully saturated rings. The van der Waals surface area contributed by atoms with E-state index in [9.17, 15) is 4.39 Å². The van der Waals surface area contributed by atoms with Crippen LogP contribution in [-0.4, -0.2) is 6.54 Å². The largest absolute Gasteiger partial charge is 0.310 e. The second kappa shape index (κ2) is 2.91. The van der Waals surface area contributed by atoms with E-state index in [2.05, 4.69) is 5.32 Å². The van der Waals surface area contributed by atoms with Crippen LogP contribution in [0.3, 0.4) is 0 Å². The highest BCUT2D eigenvalue weighted by Gasteiger charge is 2.19. The van der Waals surface area contributed by atoms with Gasteiger partial charge >= 0.3 is 0 Å². The van der Waals surface area contributed by atoms with Crippen LogP contribution in [0.5, 0.6) is 0 Å². The Morgan fingerprint density at radius 3 is 3.00 bits per heavy atom. The van der Waals surface area contributed by atoms with E-state index in [-0.39, 0.29) is 11.9 Å². The van der Waals surface area contributed by atoms with Gasteiger partial charge in [0.25, 0.3) is 0 Å². The lowest BCUT2D eigenvalue weighted by Crippen LogP contribution is -2.12. The van der Waals surface area contributed by atoms with Gasteiger partial charge in [0, 0.05) is 17.0 Å². The molecule has 1 aliphatic rings. The molecule has 1 aromatic heterocycles. The van der Waals surface area contributed by atoms with Crippen molar-refractivity contribution in [2.24, 2.45) is 0 Å². The minimum atomic E-state index is -0.0469. The van der Waals surface area contributed by atoms with Crippen molar-refractivity contribution in [2.75, 3.05) is 6.54 Å². The Bertz CT molecular complexity index is 240. The fraction of sp³-hybridized carbons (Fsp3) is 0.500. The minimum absolute atomic E-state index is 0.0469. The molecule has 2 rings (SSSR count). The van der Waals surface area contributed by atoms with Crippen LogP contribution in [0.4, 0.5) is 4.39 Å². The topological polar surface area (TPSA) is 12.0 Å². The summed E-state index contributed by atoms with van der Waals surface area (Å²) in [5.41, 5.74) is 0.854. The third kappa shape index (κ3) is 1.30. The van der Waals surface area contributed by atoms with E-state index in [0.717, 1.165) is 18.5 Å². The highest BCUT2D eigenvalue weighted by atomic mass is 32.1. The van der Waals surface area contributed by atoms with Crippen LogP contribution < -0.4 is 5.32 Å². The summed E-state index contributed by atoms with van der Waals surface area (Å²) in [5.74, 6) is -0.0469. The average Bonchev–Trinajstić information content (AvgIpc) is 2.55. The van der Waals surface area contributed by atoms with E-state index in [1.165, 1.54) is 17.8 Å². The van der Waals surface area contributed by atoms with E-state index < -0.39 is 0 Å². The normalized spacial score (nSPS) is 24.3. The SMILES string of the molecule is Fc1cscc1[C@H]1CCCN1. The molecular weight excluding hydrogens is 161 g/mol. The summed E-state index contributed by atoms with van der Waals surface area (Å²) in [6.07, 6.45) is 2.24. The van der Waals surface area contributed by atoms with E-state index in [4.69, 9.17) is 0 Å². The standard InChI is InChI=1S/C8H10FNS/c9-7-5-11-4-6(7)8-2-1-3-10-8/h4-5,8,10H,1-3H2/t8-/m1/s1. The number of hydrogen-bond donors (Lipinski definition) is 1. The molecule has 0 unspecified atom stereocenters. The predicted molar refractivity (Wildman–Crippen MR) is 44.3 cm³/mol. The summed E-state index contributed by atoms with van der Waals surface area (Å²) in [5, 5.41) is 6.73. The summed E-state index contributed by atoms with van der Waals surface area (Å²) in [7, 11) is 0. The molecule has 2 heterocycles. The first kappa shape index (κ1) is 7.25. The number of thiophene rings is 1. The van der Waals surface area contributed by atoms with E-state index in [1.807, 2.05) is 5.38 Å². The van der Waals surface area contributed by atoms with Gasteiger partial charge in [-0.05, 0) is 24.8 Å². The monoisotopic (exact) mass is 171 g/mol. The molecule has 1 saturated heterocycles. The number of nitrogens with one attached hydrogen (secondary N) is 1. The van der Waals surface area contributed by atoms with Crippen LogP contribution in [0.25, 0.3) is 0 Å². The van der Waals surface area contributed by atoms with Crippen LogP contribution in [0, 0.1) is 5.82 Å². The maximum absolute atomic E-state index is 13.0. The molecule has 0 aliphatic carbocycles. The molecule has 60 valence electrons. The minimum Gasteiger partial charge on any atom is -0.310 e. The van der Waals surface area contributed by atoms with Crippen LogP contribution in [0.15, 0.2) is 10.8 Å². The van der Waals surface area contributed by atoms with Gasteiger partial charge in [-0.3, -0.25) is 0 Å². The second-order valence-electron chi connectivity index (χ2n) is 2.82. The van der Waals surface area contributed by atoms with E-state index in [1.54, 1.807) is 5.38 Å². The van der Waals surface area contributed by atoms with E-state index >= 15 is 0 Å². The van der Waals surface area contributed by atoms with Gasteiger partial charge in [-0.25, -0.2) is 4.39 Å². The van der Waals surface area contributed by atoms with Gasteiger partial charge in [0.05, 0.1) is 0 Å². The van der Waals surface area contributed by atoms with Crippen molar-refractivity contribution >= 4 is 11.3 Å². The van der Waals surface area contributed by atoms with Crippen LogP contribution in [0.1, 0.15) is 24.4 Å². The molecule has 1 aromatic rings. The predicted octanol–water partition coefficient (Wildman–Crippen LogP) is 2.31. The van der Waals surface area contributed by atoms with Crippen molar-refractivity contribution in [3.05, 3.63) is 22.1 Å². The lowest BCUT2D eigenvalue weighted by atomic mass is 10.1. The van der Waals surface area contributed by atoms with Gasteiger partial charge in [-0.1, -0.05) is 0 Å². The summed E-state index contributed by atoms with van der Waals surface area (Å²) >= 11 is 1.44. The Morgan fingerprint density at radius 2 is 2.45 bits per heavy atom. The fourth-order valence-corrected chi connectivity index (χ4v) is 2.24. The van der Waals surface area contributed by atoms with Crippen molar-refractivity contribution in [2.45, 2.75) is 18.9 Å². The second-order valence-corrected chi connectivity index (χ2v) is 3.57. The first-order valence-corrected chi connectivity index (χ1v) is 4.77. The average molecular weight is 171 g/mol. The van der Waals surface area contributed by atoms with Crippen molar-refractivity contribution in [1.29, 1.82) is 0 Å². The lowest BCUT2D eigenvalue weighted by Gasteiger charge is -2.06. The highest BCUT2D eigenvalue weighted by Crippen LogP contribution is 2.27. The van der Waals surface area contributed by atoms with Crippen molar-refractivity contribution < 1.29 is 4.39 Å². The lowest BCUT2D eigenvalue weighted by molar-refractivity contribution is 0.565. The Morgan fingerprint density at radius 1 is 1.55 bits per heavy atom. The molecule has 0 saturated carbocycles. The molecule has 1 atom stereocenters. The summed E-state index contributed by atoms with van der Waals surface area (Å²) in [4.78, 5) is 0. The molecule has 0 aromatic carbocycles. The van der Waals surface area contributed by atoms with Gasteiger partial charge < -0.3 is 5.32 Å². The fourth-order valence-electron chi connectivity index (χ4n) is 1.49. The zero-order valence-corrected chi connectivity index (χ0v) is 6.96. The number of halogens is 1. The van der Waals surface area contributed by atoms with Crippen LogP contribution in [-0.2, 0) is 0 Å². The summed E-state index contributed by atoms with van der Waals surface area (Å²) in [6, 6.07) is 0.279. The Balaban J connectivity index is 2.21. The van der Waals surface area contributed by atoms with Gasteiger partial charge in [0.15, 0.2) is 0 Å².